The largest absolute Gasteiger partial charge is 0.497 e. The fraction of sp³-hybridized carbons (Fsp3) is 0.111. The van der Waals surface area contributed by atoms with Crippen molar-refractivity contribution in [3.05, 3.63) is 65.4 Å². The number of hydrazine groups is 1. The van der Waals surface area contributed by atoms with Gasteiger partial charge < -0.3 is 14.8 Å². The molecular weight excluding hydrogens is 322 g/mol. The maximum atomic E-state index is 12.3. The van der Waals surface area contributed by atoms with Crippen LogP contribution in [0, 0.1) is 0 Å². The topological polar surface area (TPSA) is 103 Å². The van der Waals surface area contributed by atoms with Crippen molar-refractivity contribution in [2.24, 2.45) is 5.84 Å². The molecule has 130 valence electrons. The van der Waals surface area contributed by atoms with E-state index in [0.717, 1.165) is 0 Å². The normalized spacial score (nSPS) is 10.8. The predicted molar refractivity (Wildman–Crippen MR) is 93.8 cm³/mol. The van der Waals surface area contributed by atoms with Crippen molar-refractivity contribution in [2.75, 3.05) is 14.2 Å². The number of hydrogen-bond acceptors (Lipinski definition) is 5. The number of benzene rings is 2. The Kier molecular flexibility index (Phi) is 6.14. The molecule has 0 radical (unpaired) electrons. The lowest BCUT2D eigenvalue weighted by atomic mass is 10.1. The highest BCUT2D eigenvalue weighted by atomic mass is 16.5. The van der Waals surface area contributed by atoms with Crippen molar-refractivity contribution in [1.29, 1.82) is 0 Å². The highest BCUT2D eigenvalue weighted by Gasteiger charge is 2.15. The van der Waals surface area contributed by atoms with E-state index in [1.165, 1.54) is 20.3 Å². The Balaban J connectivity index is 2.36. The Hall–Kier alpha value is -3.32. The van der Waals surface area contributed by atoms with Crippen molar-refractivity contribution < 1.29 is 19.1 Å². The van der Waals surface area contributed by atoms with Crippen LogP contribution in [0.3, 0.4) is 0 Å². The molecule has 2 aromatic rings. The molecule has 7 nitrogen and oxygen atoms in total. The summed E-state index contributed by atoms with van der Waals surface area (Å²) in [5.41, 5.74) is 3.00. The van der Waals surface area contributed by atoms with Crippen LogP contribution < -0.4 is 26.1 Å². The van der Waals surface area contributed by atoms with E-state index in [2.05, 4.69) is 5.32 Å². The fourth-order valence-corrected chi connectivity index (χ4v) is 2.11. The summed E-state index contributed by atoms with van der Waals surface area (Å²) in [6.45, 7) is 0. The lowest BCUT2D eigenvalue weighted by Crippen LogP contribution is -2.38. The third-order valence-electron chi connectivity index (χ3n) is 3.40. The van der Waals surface area contributed by atoms with Crippen LogP contribution in [0.2, 0.25) is 0 Å². The number of amides is 2. The van der Waals surface area contributed by atoms with Gasteiger partial charge in [0.25, 0.3) is 11.8 Å². The average Bonchev–Trinajstić information content (AvgIpc) is 2.67. The molecule has 25 heavy (non-hydrogen) atoms. The quantitative estimate of drug-likeness (QED) is 0.319. The molecule has 0 aliphatic heterocycles. The van der Waals surface area contributed by atoms with Crippen LogP contribution in [-0.4, -0.2) is 26.0 Å². The van der Waals surface area contributed by atoms with Gasteiger partial charge in [0, 0.05) is 17.2 Å². The van der Waals surface area contributed by atoms with Crippen molar-refractivity contribution >= 4 is 17.9 Å². The van der Waals surface area contributed by atoms with Crippen molar-refractivity contribution in [2.45, 2.75) is 0 Å². The van der Waals surface area contributed by atoms with E-state index in [9.17, 15) is 9.59 Å². The Morgan fingerprint density at radius 3 is 2.36 bits per heavy atom. The number of carbonyl (C=O) groups excluding carboxylic acids is 2. The zero-order chi connectivity index (χ0) is 18.2. The van der Waals surface area contributed by atoms with E-state index in [1.54, 1.807) is 48.5 Å². The Bertz CT molecular complexity index is 788. The number of nitrogens with one attached hydrogen (secondary N) is 2. The molecular formula is C18H19N3O4. The summed E-state index contributed by atoms with van der Waals surface area (Å²) >= 11 is 0. The van der Waals surface area contributed by atoms with E-state index < -0.39 is 11.8 Å². The molecule has 2 rings (SSSR count). The molecule has 0 aliphatic rings. The molecule has 4 N–H and O–H groups in total. The first-order valence-electron chi connectivity index (χ1n) is 7.40. The molecule has 0 spiro atoms. The lowest BCUT2D eigenvalue weighted by molar-refractivity contribution is -0.117. The second kappa shape index (κ2) is 8.51. The van der Waals surface area contributed by atoms with Gasteiger partial charge in [0.2, 0.25) is 0 Å². The van der Waals surface area contributed by atoms with Crippen molar-refractivity contribution in [1.82, 2.24) is 10.7 Å². The van der Waals surface area contributed by atoms with E-state index in [0.29, 0.717) is 22.6 Å². The maximum Gasteiger partial charge on any atom is 0.281 e. The summed E-state index contributed by atoms with van der Waals surface area (Å²) in [5, 5.41) is 2.56. The number of rotatable bonds is 6. The first-order valence-corrected chi connectivity index (χ1v) is 7.40. The number of ether oxygens (including phenoxy) is 2. The second-order valence-corrected chi connectivity index (χ2v) is 4.96. The molecule has 2 amide bonds. The SMILES string of the molecule is COc1ccc(C=C(NC(=O)c2ccccc2)C(=O)NN)c(OC)c1. The lowest BCUT2D eigenvalue weighted by Gasteiger charge is -2.11. The molecule has 0 unspecified atom stereocenters. The number of hydrogen-bond donors (Lipinski definition) is 3. The van der Waals surface area contributed by atoms with Gasteiger partial charge in [0.1, 0.15) is 17.2 Å². The van der Waals surface area contributed by atoms with Gasteiger partial charge in [0.15, 0.2) is 0 Å². The van der Waals surface area contributed by atoms with Gasteiger partial charge in [-0.3, -0.25) is 15.0 Å². The maximum absolute atomic E-state index is 12.3. The zero-order valence-corrected chi connectivity index (χ0v) is 13.9. The third-order valence-corrected chi connectivity index (χ3v) is 3.40. The molecule has 0 atom stereocenters. The van der Waals surface area contributed by atoms with E-state index >= 15 is 0 Å². The Labute approximate surface area is 145 Å². The van der Waals surface area contributed by atoms with Gasteiger partial charge in [0.05, 0.1) is 14.2 Å². The number of carbonyl (C=O) groups is 2. The predicted octanol–water partition coefficient (Wildman–Crippen LogP) is 1.46. The van der Waals surface area contributed by atoms with Crippen molar-refractivity contribution in [3.63, 3.8) is 0 Å². The summed E-state index contributed by atoms with van der Waals surface area (Å²) in [4.78, 5) is 24.3. The molecule has 0 saturated heterocycles. The minimum atomic E-state index is -0.637. The highest BCUT2D eigenvalue weighted by Crippen LogP contribution is 2.26. The monoisotopic (exact) mass is 341 g/mol. The molecule has 0 saturated carbocycles. The number of nitrogens with two attached hydrogens (primary N) is 1. The number of methoxy groups -OCH3 is 2. The summed E-state index contributed by atoms with van der Waals surface area (Å²) in [6.07, 6.45) is 1.47. The Morgan fingerprint density at radius 1 is 1.04 bits per heavy atom. The molecule has 0 heterocycles. The van der Waals surface area contributed by atoms with Gasteiger partial charge in [-0.2, -0.15) is 0 Å². The van der Waals surface area contributed by atoms with E-state index in [1.807, 2.05) is 5.43 Å². The minimum absolute atomic E-state index is 0.0141. The standard InChI is InChI=1S/C18H19N3O4/c1-24-14-9-8-13(16(11-14)25-2)10-15(18(23)21-19)20-17(22)12-6-4-3-5-7-12/h3-11H,19H2,1-2H3,(H,20,22)(H,21,23). The van der Waals surface area contributed by atoms with Gasteiger partial charge >= 0.3 is 0 Å². The molecule has 0 fully saturated rings. The molecule has 7 heteroatoms. The van der Waals surface area contributed by atoms with E-state index in [-0.39, 0.29) is 5.70 Å². The second-order valence-electron chi connectivity index (χ2n) is 4.96. The molecule has 2 aromatic carbocycles. The van der Waals surface area contributed by atoms with Gasteiger partial charge in [-0.1, -0.05) is 18.2 Å². The van der Waals surface area contributed by atoms with Crippen molar-refractivity contribution in [3.8, 4) is 11.5 Å². The summed E-state index contributed by atoms with van der Waals surface area (Å²) in [7, 11) is 3.04. The third kappa shape index (κ3) is 4.58. The highest BCUT2D eigenvalue weighted by molar-refractivity contribution is 6.05. The first kappa shape index (κ1) is 18.0. The van der Waals surface area contributed by atoms with Crippen LogP contribution in [-0.2, 0) is 4.79 Å². The zero-order valence-electron chi connectivity index (χ0n) is 13.9. The molecule has 0 aromatic heterocycles. The van der Waals surface area contributed by atoms with Crippen LogP contribution >= 0.6 is 0 Å². The van der Waals surface area contributed by atoms with Crippen LogP contribution in [0.5, 0.6) is 11.5 Å². The summed E-state index contributed by atoms with van der Waals surface area (Å²) < 4.78 is 10.4. The average molecular weight is 341 g/mol. The summed E-state index contributed by atoms with van der Waals surface area (Å²) in [6, 6.07) is 13.6. The smallest absolute Gasteiger partial charge is 0.281 e. The minimum Gasteiger partial charge on any atom is -0.497 e. The fourth-order valence-electron chi connectivity index (χ4n) is 2.11. The first-order chi connectivity index (χ1) is 12.1. The van der Waals surface area contributed by atoms with Gasteiger partial charge in [-0.15, -0.1) is 0 Å². The Morgan fingerprint density at radius 2 is 1.76 bits per heavy atom. The van der Waals surface area contributed by atoms with Crippen LogP contribution in [0.25, 0.3) is 6.08 Å². The van der Waals surface area contributed by atoms with Gasteiger partial charge in [-0.25, -0.2) is 5.84 Å². The van der Waals surface area contributed by atoms with Crippen LogP contribution in [0.1, 0.15) is 15.9 Å². The molecule has 0 bridgehead atoms. The van der Waals surface area contributed by atoms with Crippen LogP contribution in [0.4, 0.5) is 0 Å². The van der Waals surface area contributed by atoms with Gasteiger partial charge in [-0.05, 0) is 30.3 Å². The van der Waals surface area contributed by atoms with Crippen LogP contribution in [0.15, 0.2) is 54.2 Å². The molecule has 0 aliphatic carbocycles. The van der Waals surface area contributed by atoms with E-state index in [4.69, 9.17) is 15.3 Å². The summed E-state index contributed by atoms with van der Waals surface area (Å²) in [5.74, 6) is 5.24.